The van der Waals surface area contributed by atoms with Gasteiger partial charge in [-0.15, -0.1) is 0 Å². The van der Waals surface area contributed by atoms with Gasteiger partial charge < -0.3 is 10.1 Å². The van der Waals surface area contributed by atoms with E-state index in [1.807, 2.05) is 30.3 Å². The minimum atomic E-state index is -0.243. The third-order valence-electron chi connectivity index (χ3n) is 2.30. The Balaban J connectivity index is 1.76. The van der Waals surface area contributed by atoms with E-state index >= 15 is 0 Å². The van der Waals surface area contributed by atoms with Crippen LogP contribution in [-0.2, 0) is 0 Å². The summed E-state index contributed by atoms with van der Waals surface area (Å²) < 4.78 is 18.7. The molecule has 0 saturated carbocycles. The second-order valence-corrected chi connectivity index (χ2v) is 3.57. The fourth-order valence-electron chi connectivity index (χ4n) is 1.48. The third kappa shape index (κ3) is 3.48. The molecule has 0 heterocycles. The number of para-hydroxylation sites is 2. The van der Waals surface area contributed by atoms with Crippen LogP contribution in [0.4, 0.5) is 10.1 Å². The minimum Gasteiger partial charge on any atom is -0.492 e. The van der Waals surface area contributed by atoms with E-state index in [1.54, 1.807) is 18.2 Å². The first kappa shape index (κ1) is 11.5. The van der Waals surface area contributed by atoms with Crippen molar-refractivity contribution in [1.82, 2.24) is 0 Å². The fourth-order valence-corrected chi connectivity index (χ4v) is 1.48. The van der Waals surface area contributed by atoms with Gasteiger partial charge in [-0.25, -0.2) is 4.39 Å². The molecule has 2 aromatic rings. The molecule has 1 N–H and O–H groups in total. The van der Waals surface area contributed by atoms with Gasteiger partial charge in [-0.05, 0) is 24.3 Å². The van der Waals surface area contributed by atoms with E-state index in [0.29, 0.717) is 18.8 Å². The Morgan fingerprint density at radius 1 is 0.941 bits per heavy atom. The molecule has 88 valence electrons. The lowest BCUT2D eigenvalue weighted by Gasteiger charge is -2.08. The first-order chi connectivity index (χ1) is 8.36. The highest BCUT2D eigenvalue weighted by atomic mass is 19.1. The van der Waals surface area contributed by atoms with Crippen molar-refractivity contribution in [3.05, 3.63) is 60.4 Å². The Morgan fingerprint density at radius 2 is 1.65 bits per heavy atom. The zero-order valence-corrected chi connectivity index (χ0v) is 9.40. The molecule has 0 aliphatic carbocycles. The van der Waals surface area contributed by atoms with Gasteiger partial charge in [-0.3, -0.25) is 0 Å². The Bertz CT molecular complexity index is 459. The normalized spacial score (nSPS) is 9.94. The van der Waals surface area contributed by atoms with Crippen molar-refractivity contribution in [2.75, 3.05) is 18.5 Å². The molecule has 0 aliphatic heterocycles. The molecule has 3 heteroatoms. The van der Waals surface area contributed by atoms with Crippen LogP contribution in [0.25, 0.3) is 0 Å². The second-order valence-electron chi connectivity index (χ2n) is 3.57. The van der Waals surface area contributed by atoms with E-state index in [4.69, 9.17) is 4.74 Å². The van der Waals surface area contributed by atoms with Crippen molar-refractivity contribution in [3.63, 3.8) is 0 Å². The largest absolute Gasteiger partial charge is 0.492 e. The third-order valence-corrected chi connectivity index (χ3v) is 2.30. The Kier molecular flexibility index (Phi) is 3.97. The van der Waals surface area contributed by atoms with Crippen LogP contribution in [-0.4, -0.2) is 13.2 Å². The highest BCUT2D eigenvalue weighted by molar-refractivity contribution is 5.44. The number of hydrogen-bond acceptors (Lipinski definition) is 2. The highest BCUT2D eigenvalue weighted by Gasteiger charge is 1.98. The fraction of sp³-hybridized carbons (Fsp3) is 0.143. The van der Waals surface area contributed by atoms with Crippen LogP contribution in [0.2, 0.25) is 0 Å². The summed E-state index contributed by atoms with van der Waals surface area (Å²) in [6, 6.07) is 16.2. The summed E-state index contributed by atoms with van der Waals surface area (Å²) in [5.74, 6) is 0.579. The average Bonchev–Trinajstić information content (AvgIpc) is 2.38. The standard InChI is InChI=1S/C14H14FNO/c15-13-8-4-5-9-14(13)16-10-11-17-12-6-2-1-3-7-12/h1-9,16H,10-11H2. The summed E-state index contributed by atoms with van der Waals surface area (Å²) in [5.41, 5.74) is 0.504. The van der Waals surface area contributed by atoms with Crippen molar-refractivity contribution >= 4 is 5.69 Å². The zero-order valence-electron chi connectivity index (χ0n) is 9.40. The van der Waals surface area contributed by atoms with Gasteiger partial charge in [-0.2, -0.15) is 0 Å². The summed E-state index contributed by atoms with van der Waals surface area (Å²) in [6.07, 6.45) is 0. The summed E-state index contributed by atoms with van der Waals surface area (Å²) in [4.78, 5) is 0. The number of anilines is 1. The quantitative estimate of drug-likeness (QED) is 0.797. The molecule has 2 nitrogen and oxygen atoms in total. The SMILES string of the molecule is Fc1ccccc1NCCOc1ccccc1. The smallest absolute Gasteiger partial charge is 0.146 e. The van der Waals surface area contributed by atoms with Crippen LogP contribution in [0, 0.1) is 5.82 Å². The molecular formula is C14H14FNO. The van der Waals surface area contributed by atoms with Crippen LogP contribution in [0.3, 0.4) is 0 Å². The van der Waals surface area contributed by atoms with E-state index in [9.17, 15) is 4.39 Å². The molecular weight excluding hydrogens is 217 g/mol. The lowest BCUT2D eigenvalue weighted by molar-refractivity contribution is 0.332. The molecule has 2 aromatic carbocycles. The lowest BCUT2D eigenvalue weighted by Crippen LogP contribution is -2.12. The molecule has 0 atom stereocenters. The van der Waals surface area contributed by atoms with Gasteiger partial charge in [0.15, 0.2) is 0 Å². The summed E-state index contributed by atoms with van der Waals surface area (Å²) in [6.45, 7) is 1.06. The topological polar surface area (TPSA) is 21.3 Å². The number of ether oxygens (including phenoxy) is 1. The number of rotatable bonds is 5. The van der Waals surface area contributed by atoms with E-state index in [0.717, 1.165) is 5.75 Å². The summed E-state index contributed by atoms with van der Waals surface area (Å²) in [5, 5.41) is 2.98. The van der Waals surface area contributed by atoms with Crippen molar-refractivity contribution in [2.45, 2.75) is 0 Å². The number of halogens is 1. The Labute approximate surface area is 100 Å². The molecule has 0 saturated heterocycles. The van der Waals surface area contributed by atoms with Crippen molar-refractivity contribution in [3.8, 4) is 5.75 Å². The van der Waals surface area contributed by atoms with Crippen molar-refractivity contribution in [1.29, 1.82) is 0 Å². The molecule has 17 heavy (non-hydrogen) atoms. The molecule has 0 bridgehead atoms. The predicted octanol–water partition coefficient (Wildman–Crippen LogP) is 3.32. The van der Waals surface area contributed by atoms with E-state index in [2.05, 4.69) is 5.32 Å². The van der Waals surface area contributed by atoms with Crippen LogP contribution in [0.5, 0.6) is 5.75 Å². The Morgan fingerprint density at radius 3 is 2.41 bits per heavy atom. The Hall–Kier alpha value is -2.03. The maximum atomic E-state index is 13.2. The van der Waals surface area contributed by atoms with Crippen LogP contribution < -0.4 is 10.1 Å². The molecule has 0 amide bonds. The van der Waals surface area contributed by atoms with Crippen molar-refractivity contribution < 1.29 is 9.13 Å². The number of nitrogens with one attached hydrogen (secondary N) is 1. The average molecular weight is 231 g/mol. The monoisotopic (exact) mass is 231 g/mol. The maximum absolute atomic E-state index is 13.2. The molecule has 0 unspecified atom stereocenters. The number of hydrogen-bond donors (Lipinski definition) is 1. The molecule has 0 spiro atoms. The lowest BCUT2D eigenvalue weighted by atomic mass is 10.3. The predicted molar refractivity (Wildman–Crippen MR) is 66.8 cm³/mol. The highest BCUT2D eigenvalue weighted by Crippen LogP contribution is 2.12. The zero-order chi connectivity index (χ0) is 11.9. The van der Waals surface area contributed by atoms with Crippen LogP contribution >= 0.6 is 0 Å². The van der Waals surface area contributed by atoms with Gasteiger partial charge in [0.2, 0.25) is 0 Å². The van der Waals surface area contributed by atoms with Gasteiger partial charge >= 0.3 is 0 Å². The van der Waals surface area contributed by atoms with Crippen LogP contribution in [0.1, 0.15) is 0 Å². The maximum Gasteiger partial charge on any atom is 0.146 e. The minimum absolute atomic E-state index is 0.243. The van der Waals surface area contributed by atoms with Crippen molar-refractivity contribution in [2.24, 2.45) is 0 Å². The van der Waals surface area contributed by atoms with E-state index < -0.39 is 0 Å². The molecule has 2 rings (SSSR count). The van der Waals surface area contributed by atoms with Crippen LogP contribution in [0.15, 0.2) is 54.6 Å². The molecule has 0 fully saturated rings. The molecule has 0 aromatic heterocycles. The van der Waals surface area contributed by atoms with Gasteiger partial charge in [0.05, 0.1) is 5.69 Å². The van der Waals surface area contributed by atoms with Gasteiger partial charge in [0, 0.05) is 6.54 Å². The first-order valence-electron chi connectivity index (χ1n) is 5.52. The van der Waals surface area contributed by atoms with E-state index in [-0.39, 0.29) is 5.82 Å². The van der Waals surface area contributed by atoms with Gasteiger partial charge in [0.1, 0.15) is 18.2 Å². The van der Waals surface area contributed by atoms with Gasteiger partial charge in [-0.1, -0.05) is 30.3 Å². The number of benzene rings is 2. The molecule has 0 radical (unpaired) electrons. The van der Waals surface area contributed by atoms with Gasteiger partial charge in [0.25, 0.3) is 0 Å². The second kappa shape index (κ2) is 5.89. The summed E-state index contributed by atoms with van der Waals surface area (Å²) >= 11 is 0. The molecule has 0 aliphatic rings. The first-order valence-corrected chi connectivity index (χ1v) is 5.52. The van der Waals surface area contributed by atoms with E-state index in [1.165, 1.54) is 6.07 Å². The summed E-state index contributed by atoms with van der Waals surface area (Å²) in [7, 11) is 0.